The number of hydrogen-bond donors (Lipinski definition) is 1. The highest BCUT2D eigenvalue weighted by Gasteiger charge is 2.35. The third-order valence-electron chi connectivity index (χ3n) is 2.66. The first-order chi connectivity index (χ1) is 7.54. The van der Waals surface area contributed by atoms with Gasteiger partial charge in [0.05, 0.1) is 12.4 Å². The van der Waals surface area contributed by atoms with Gasteiger partial charge in [-0.2, -0.15) is 0 Å². The Labute approximate surface area is 101 Å². The van der Waals surface area contributed by atoms with Gasteiger partial charge in [-0.3, -0.25) is 0 Å². The van der Waals surface area contributed by atoms with Gasteiger partial charge in [0.1, 0.15) is 5.60 Å². The lowest BCUT2D eigenvalue weighted by Gasteiger charge is -2.25. The van der Waals surface area contributed by atoms with Crippen molar-refractivity contribution in [1.29, 1.82) is 0 Å². The molecule has 7 heteroatoms. The van der Waals surface area contributed by atoms with Crippen LogP contribution in [0, 0.1) is 0 Å². The summed E-state index contributed by atoms with van der Waals surface area (Å²) in [6.07, 6.45) is 1.16. The number of nitrogens with one attached hydrogen (secondary N) is 1. The summed E-state index contributed by atoms with van der Waals surface area (Å²) in [6, 6.07) is 0. The molecule has 0 aromatic carbocycles. The van der Waals surface area contributed by atoms with Crippen LogP contribution in [0.4, 0.5) is 0 Å². The van der Waals surface area contributed by atoms with E-state index >= 15 is 0 Å². The Morgan fingerprint density at radius 1 is 1.56 bits per heavy atom. The maximum atomic E-state index is 11.5. The molecule has 1 aliphatic rings. The zero-order chi connectivity index (χ0) is 12.1. The van der Waals surface area contributed by atoms with Crippen molar-refractivity contribution in [1.82, 2.24) is 4.72 Å². The number of methoxy groups -OCH3 is 1. The first-order valence-electron chi connectivity index (χ1n) is 5.20. The van der Waals surface area contributed by atoms with Crippen molar-refractivity contribution in [2.45, 2.75) is 18.4 Å². The molecule has 5 nitrogen and oxygen atoms in total. The smallest absolute Gasteiger partial charge is 0.211 e. The molecular formula is C9H18ClNO4S. The number of ether oxygens (including phenoxy) is 2. The van der Waals surface area contributed by atoms with Crippen LogP contribution in [0.5, 0.6) is 0 Å². The lowest BCUT2D eigenvalue weighted by atomic mass is 10.0. The molecule has 1 rings (SSSR count). The third-order valence-corrected chi connectivity index (χ3v) is 4.34. The summed E-state index contributed by atoms with van der Waals surface area (Å²) in [5.74, 6) is 0.399. The van der Waals surface area contributed by atoms with Crippen LogP contribution in [-0.4, -0.2) is 52.5 Å². The summed E-state index contributed by atoms with van der Waals surface area (Å²) in [5.41, 5.74) is -0.506. The Hall–Kier alpha value is 0.120. The number of rotatable bonds is 7. The summed E-state index contributed by atoms with van der Waals surface area (Å²) in [7, 11) is -1.68. The highest BCUT2D eigenvalue weighted by Crippen LogP contribution is 2.21. The van der Waals surface area contributed by atoms with Gasteiger partial charge in [-0.1, -0.05) is 0 Å². The van der Waals surface area contributed by atoms with Crippen LogP contribution in [-0.2, 0) is 19.5 Å². The Morgan fingerprint density at radius 2 is 2.31 bits per heavy atom. The average molecular weight is 272 g/mol. The Balaban J connectivity index is 2.43. The fraction of sp³-hybridized carbons (Fsp3) is 1.00. The second-order valence-corrected chi connectivity index (χ2v) is 6.18. The zero-order valence-electron chi connectivity index (χ0n) is 9.37. The van der Waals surface area contributed by atoms with Gasteiger partial charge in [-0.05, 0) is 6.42 Å². The summed E-state index contributed by atoms with van der Waals surface area (Å²) >= 11 is 5.45. The van der Waals surface area contributed by atoms with Crippen molar-refractivity contribution in [2.75, 3.05) is 38.5 Å². The van der Waals surface area contributed by atoms with E-state index < -0.39 is 15.6 Å². The van der Waals surface area contributed by atoms with Crippen LogP contribution in [0.1, 0.15) is 12.8 Å². The third kappa shape index (κ3) is 4.18. The molecule has 0 spiro atoms. The minimum absolute atomic E-state index is 0.0527. The molecule has 1 fully saturated rings. The predicted molar refractivity (Wildman–Crippen MR) is 62.3 cm³/mol. The molecule has 0 radical (unpaired) electrons. The van der Waals surface area contributed by atoms with E-state index in [4.69, 9.17) is 21.1 Å². The molecule has 0 aromatic rings. The quantitative estimate of drug-likeness (QED) is 0.678. The van der Waals surface area contributed by atoms with E-state index in [0.717, 1.165) is 0 Å². The van der Waals surface area contributed by atoms with Crippen LogP contribution < -0.4 is 4.72 Å². The van der Waals surface area contributed by atoms with Gasteiger partial charge in [0.15, 0.2) is 0 Å². The zero-order valence-corrected chi connectivity index (χ0v) is 10.9. The van der Waals surface area contributed by atoms with E-state index in [2.05, 4.69) is 4.72 Å². The Bertz CT molecular complexity index is 301. The van der Waals surface area contributed by atoms with E-state index in [1.54, 1.807) is 7.11 Å². The summed E-state index contributed by atoms with van der Waals surface area (Å²) in [4.78, 5) is 0. The predicted octanol–water partition coefficient (Wildman–Crippen LogP) is 0.340. The SMILES string of the molecule is COC1(CNS(=O)(=O)CCCCl)CCOC1. The molecule has 1 unspecified atom stereocenters. The molecule has 0 aromatic heterocycles. The Morgan fingerprint density at radius 3 is 2.81 bits per heavy atom. The molecule has 1 saturated heterocycles. The topological polar surface area (TPSA) is 64.6 Å². The molecule has 1 N–H and O–H groups in total. The fourth-order valence-electron chi connectivity index (χ4n) is 1.52. The summed E-state index contributed by atoms with van der Waals surface area (Å²) < 4.78 is 36.1. The van der Waals surface area contributed by atoms with E-state index in [1.807, 2.05) is 0 Å². The van der Waals surface area contributed by atoms with Gasteiger partial charge in [-0.25, -0.2) is 13.1 Å². The molecule has 96 valence electrons. The Kier molecular flexibility index (Phi) is 5.46. The molecule has 0 amide bonds. The van der Waals surface area contributed by atoms with Crippen molar-refractivity contribution < 1.29 is 17.9 Å². The molecule has 1 aliphatic heterocycles. The standard InChI is InChI=1S/C9H18ClNO4S/c1-14-9(3-5-15-8-9)7-11-16(12,13)6-2-4-10/h11H,2-8H2,1H3. The molecular weight excluding hydrogens is 254 g/mol. The lowest BCUT2D eigenvalue weighted by Crippen LogP contribution is -2.45. The molecule has 1 heterocycles. The van der Waals surface area contributed by atoms with E-state index in [-0.39, 0.29) is 12.3 Å². The van der Waals surface area contributed by atoms with Crippen molar-refractivity contribution in [3.63, 3.8) is 0 Å². The maximum Gasteiger partial charge on any atom is 0.211 e. The van der Waals surface area contributed by atoms with Crippen LogP contribution in [0.15, 0.2) is 0 Å². The molecule has 1 atom stereocenters. The second-order valence-electron chi connectivity index (χ2n) is 3.87. The first-order valence-corrected chi connectivity index (χ1v) is 7.38. The van der Waals surface area contributed by atoms with Gasteiger partial charge in [0.25, 0.3) is 0 Å². The molecule has 0 aliphatic carbocycles. The number of halogens is 1. The first kappa shape index (κ1) is 14.2. The van der Waals surface area contributed by atoms with Crippen LogP contribution in [0.3, 0.4) is 0 Å². The van der Waals surface area contributed by atoms with Gasteiger partial charge in [0, 0.05) is 32.6 Å². The minimum atomic E-state index is -3.25. The molecule has 16 heavy (non-hydrogen) atoms. The van der Waals surface area contributed by atoms with E-state index in [0.29, 0.717) is 31.9 Å². The van der Waals surface area contributed by atoms with Gasteiger partial charge in [0.2, 0.25) is 10.0 Å². The number of alkyl halides is 1. The highest BCUT2D eigenvalue weighted by molar-refractivity contribution is 7.89. The number of hydrogen-bond acceptors (Lipinski definition) is 4. The highest BCUT2D eigenvalue weighted by atomic mass is 35.5. The molecule has 0 bridgehead atoms. The van der Waals surface area contributed by atoms with E-state index in [9.17, 15) is 8.42 Å². The maximum absolute atomic E-state index is 11.5. The second kappa shape index (κ2) is 6.16. The molecule has 0 saturated carbocycles. The minimum Gasteiger partial charge on any atom is -0.378 e. The van der Waals surface area contributed by atoms with Crippen molar-refractivity contribution in [2.24, 2.45) is 0 Å². The van der Waals surface area contributed by atoms with Crippen LogP contribution in [0.2, 0.25) is 0 Å². The largest absolute Gasteiger partial charge is 0.378 e. The average Bonchev–Trinajstić information content (AvgIpc) is 2.74. The van der Waals surface area contributed by atoms with E-state index in [1.165, 1.54) is 0 Å². The fourth-order valence-corrected chi connectivity index (χ4v) is 2.96. The van der Waals surface area contributed by atoms with Crippen molar-refractivity contribution in [3.8, 4) is 0 Å². The summed E-state index contributed by atoms with van der Waals surface area (Å²) in [6.45, 7) is 1.30. The lowest BCUT2D eigenvalue weighted by molar-refractivity contribution is -0.0120. The van der Waals surface area contributed by atoms with Crippen molar-refractivity contribution >= 4 is 21.6 Å². The number of sulfonamides is 1. The van der Waals surface area contributed by atoms with Gasteiger partial charge in [-0.15, -0.1) is 11.6 Å². The van der Waals surface area contributed by atoms with Crippen molar-refractivity contribution in [3.05, 3.63) is 0 Å². The van der Waals surface area contributed by atoms with Gasteiger partial charge >= 0.3 is 0 Å². The summed E-state index contributed by atoms with van der Waals surface area (Å²) in [5, 5.41) is 0. The normalized spacial score (nSPS) is 26.1. The monoisotopic (exact) mass is 271 g/mol. The van der Waals surface area contributed by atoms with Crippen LogP contribution >= 0.6 is 11.6 Å². The van der Waals surface area contributed by atoms with Crippen LogP contribution in [0.25, 0.3) is 0 Å². The van der Waals surface area contributed by atoms with Gasteiger partial charge < -0.3 is 9.47 Å².